The van der Waals surface area contributed by atoms with E-state index in [1.54, 1.807) is 0 Å². The highest BCUT2D eigenvalue weighted by Crippen LogP contribution is 2.55. The summed E-state index contributed by atoms with van der Waals surface area (Å²) in [6.45, 7) is 0.830. The Hall–Kier alpha value is -1.72. The van der Waals surface area contributed by atoms with E-state index in [0.717, 1.165) is 35.2 Å². The normalized spacial score (nSPS) is 19.0. The van der Waals surface area contributed by atoms with Crippen LogP contribution in [0.25, 0.3) is 11.1 Å². The quantitative estimate of drug-likeness (QED) is 0.629. The Labute approximate surface area is 139 Å². The minimum absolute atomic E-state index is 0. The van der Waals surface area contributed by atoms with Crippen molar-refractivity contribution in [3.63, 3.8) is 0 Å². The molecule has 1 aliphatic heterocycles. The molecule has 0 fully saturated rings. The molecule has 0 bridgehead atoms. The van der Waals surface area contributed by atoms with Crippen LogP contribution in [0.15, 0.2) is 24.3 Å². The molecule has 0 aromatic heterocycles. The van der Waals surface area contributed by atoms with E-state index >= 15 is 0 Å². The highest BCUT2D eigenvalue weighted by atomic mass is 79.9. The topological polar surface area (TPSA) is 63.9 Å². The van der Waals surface area contributed by atoms with Gasteiger partial charge in [-0.25, -0.2) is 0 Å². The summed E-state index contributed by atoms with van der Waals surface area (Å²) in [6, 6.07) is 8.08. The maximum absolute atomic E-state index is 10.4. The Balaban J connectivity index is 0.00000144. The molecule has 1 aliphatic carbocycles. The molecule has 3 N–H and O–H groups in total. The molecule has 5 heteroatoms. The average Bonchev–Trinajstić information content (AvgIpc) is 2.50. The van der Waals surface area contributed by atoms with Crippen LogP contribution >= 0.6 is 17.0 Å². The molecular formula is C17H18BrNO3. The Morgan fingerprint density at radius 3 is 2.55 bits per heavy atom. The fourth-order valence-electron chi connectivity index (χ4n) is 3.75. The standard InChI is InChI=1S/C17H17NO3.BrH/c1-18-7-6-11-13-12(18)8-9-4-2-3-5-10(9)14(13)16(20)17(21)15(11)19;/h2-5,12,19-21H,6-8H2,1H3;1H. The van der Waals surface area contributed by atoms with Crippen molar-refractivity contribution in [1.29, 1.82) is 0 Å². The Morgan fingerprint density at radius 2 is 1.77 bits per heavy atom. The SMILES string of the molecule is Br.CN1CCc2c(O)c(O)c(O)c3c2C1Cc1ccccc1-3. The first-order valence-electron chi connectivity index (χ1n) is 7.17. The molecule has 2 aliphatic rings. The Bertz CT molecular complexity index is 760. The summed E-state index contributed by atoms with van der Waals surface area (Å²) in [4.78, 5) is 2.25. The van der Waals surface area contributed by atoms with Crippen LogP contribution in [0.2, 0.25) is 0 Å². The number of aromatic hydroxyl groups is 3. The molecule has 0 radical (unpaired) electrons. The van der Waals surface area contributed by atoms with Crippen molar-refractivity contribution in [1.82, 2.24) is 4.90 Å². The van der Waals surface area contributed by atoms with Crippen molar-refractivity contribution in [2.75, 3.05) is 13.6 Å². The fraction of sp³-hybridized carbons (Fsp3) is 0.294. The van der Waals surface area contributed by atoms with E-state index in [9.17, 15) is 15.3 Å². The van der Waals surface area contributed by atoms with E-state index in [4.69, 9.17) is 0 Å². The molecule has 0 saturated carbocycles. The number of hydrogen-bond donors (Lipinski definition) is 3. The molecule has 1 heterocycles. The zero-order valence-electron chi connectivity index (χ0n) is 12.2. The number of phenols is 3. The first-order valence-corrected chi connectivity index (χ1v) is 7.17. The molecule has 2 aromatic carbocycles. The predicted octanol–water partition coefficient (Wildman–Crippen LogP) is 3.13. The van der Waals surface area contributed by atoms with Crippen LogP contribution in [0.5, 0.6) is 17.2 Å². The molecule has 0 saturated heterocycles. The smallest absolute Gasteiger partial charge is 0.201 e. The highest BCUT2D eigenvalue weighted by Gasteiger charge is 2.37. The van der Waals surface area contributed by atoms with Gasteiger partial charge in [0.1, 0.15) is 0 Å². The van der Waals surface area contributed by atoms with E-state index in [1.807, 2.05) is 18.2 Å². The largest absolute Gasteiger partial charge is 0.504 e. The first-order chi connectivity index (χ1) is 10.1. The number of fused-ring (bicyclic) bond motifs is 2. The lowest BCUT2D eigenvalue weighted by molar-refractivity contribution is 0.223. The maximum Gasteiger partial charge on any atom is 0.201 e. The van der Waals surface area contributed by atoms with Gasteiger partial charge in [-0.2, -0.15) is 0 Å². The lowest BCUT2D eigenvalue weighted by atomic mass is 9.76. The summed E-state index contributed by atoms with van der Waals surface area (Å²) in [7, 11) is 2.06. The van der Waals surface area contributed by atoms with Crippen molar-refractivity contribution in [2.24, 2.45) is 0 Å². The molecule has 2 aromatic rings. The number of phenolic OH excluding ortho intramolecular Hbond substituents is 3. The van der Waals surface area contributed by atoms with Gasteiger partial charge in [0.05, 0.1) is 0 Å². The van der Waals surface area contributed by atoms with Gasteiger partial charge in [0.25, 0.3) is 0 Å². The molecular weight excluding hydrogens is 346 g/mol. The molecule has 4 rings (SSSR count). The monoisotopic (exact) mass is 363 g/mol. The summed E-state index contributed by atoms with van der Waals surface area (Å²) in [6.07, 6.45) is 1.54. The third-order valence-electron chi connectivity index (χ3n) is 4.85. The molecule has 1 atom stereocenters. The van der Waals surface area contributed by atoms with E-state index in [-0.39, 0.29) is 34.5 Å². The van der Waals surface area contributed by atoms with Gasteiger partial charge in [0.2, 0.25) is 5.75 Å². The van der Waals surface area contributed by atoms with Crippen molar-refractivity contribution in [2.45, 2.75) is 18.9 Å². The van der Waals surface area contributed by atoms with Crippen LogP contribution < -0.4 is 0 Å². The van der Waals surface area contributed by atoms with Gasteiger partial charge < -0.3 is 15.3 Å². The second kappa shape index (κ2) is 5.18. The van der Waals surface area contributed by atoms with Gasteiger partial charge in [-0.1, -0.05) is 24.3 Å². The van der Waals surface area contributed by atoms with E-state index < -0.39 is 5.75 Å². The molecule has 1 unspecified atom stereocenters. The van der Waals surface area contributed by atoms with Crippen LogP contribution in [-0.4, -0.2) is 33.8 Å². The van der Waals surface area contributed by atoms with E-state index in [1.165, 1.54) is 0 Å². The van der Waals surface area contributed by atoms with Gasteiger partial charge in [-0.15, -0.1) is 17.0 Å². The Kier molecular flexibility index (Phi) is 3.57. The lowest BCUT2D eigenvalue weighted by Crippen LogP contribution is -2.35. The third kappa shape index (κ3) is 1.85. The van der Waals surface area contributed by atoms with Crippen molar-refractivity contribution < 1.29 is 15.3 Å². The van der Waals surface area contributed by atoms with Crippen LogP contribution in [-0.2, 0) is 12.8 Å². The van der Waals surface area contributed by atoms with Gasteiger partial charge in [-0.3, -0.25) is 4.90 Å². The van der Waals surface area contributed by atoms with Crippen LogP contribution in [0.1, 0.15) is 22.7 Å². The number of rotatable bonds is 0. The van der Waals surface area contributed by atoms with E-state index in [0.29, 0.717) is 12.0 Å². The number of likely N-dealkylation sites (N-methyl/N-ethyl adjacent to an activating group) is 1. The minimum Gasteiger partial charge on any atom is -0.504 e. The number of nitrogens with zero attached hydrogens (tertiary/aromatic N) is 1. The van der Waals surface area contributed by atoms with Crippen molar-refractivity contribution in [3.8, 4) is 28.4 Å². The second-order valence-corrected chi connectivity index (χ2v) is 5.92. The molecule has 0 spiro atoms. The summed E-state index contributed by atoms with van der Waals surface area (Å²) in [5.74, 6) is -0.772. The van der Waals surface area contributed by atoms with Crippen LogP contribution in [0.4, 0.5) is 0 Å². The van der Waals surface area contributed by atoms with Crippen LogP contribution in [0, 0.1) is 0 Å². The summed E-state index contributed by atoms with van der Waals surface area (Å²) in [5.41, 5.74) is 4.54. The third-order valence-corrected chi connectivity index (χ3v) is 4.85. The molecule has 116 valence electrons. The number of benzene rings is 2. The number of hydrogen-bond acceptors (Lipinski definition) is 4. The summed E-state index contributed by atoms with van der Waals surface area (Å²) in [5, 5.41) is 30.6. The Morgan fingerprint density at radius 1 is 1.05 bits per heavy atom. The summed E-state index contributed by atoms with van der Waals surface area (Å²) >= 11 is 0. The molecule has 4 nitrogen and oxygen atoms in total. The minimum atomic E-state index is -0.399. The second-order valence-electron chi connectivity index (χ2n) is 5.92. The predicted molar refractivity (Wildman–Crippen MR) is 90.0 cm³/mol. The van der Waals surface area contributed by atoms with Gasteiger partial charge in [0, 0.05) is 23.7 Å². The van der Waals surface area contributed by atoms with Gasteiger partial charge in [0.15, 0.2) is 11.5 Å². The summed E-state index contributed by atoms with van der Waals surface area (Å²) < 4.78 is 0. The average molecular weight is 364 g/mol. The highest BCUT2D eigenvalue weighted by molar-refractivity contribution is 8.93. The molecule has 0 amide bonds. The van der Waals surface area contributed by atoms with Gasteiger partial charge >= 0.3 is 0 Å². The first kappa shape index (κ1) is 15.2. The lowest BCUT2D eigenvalue weighted by Gasteiger charge is -2.40. The zero-order chi connectivity index (χ0) is 14.7. The number of halogens is 1. The maximum atomic E-state index is 10.4. The zero-order valence-corrected chi connectivity index (χ0v) is 13.9. The van der Waals surface area contributed by atoms with Crippen LogP contribution in [0.3, 0.4) is 0 Å². The van der Waals surface area contributed by atoms with Gasteiger partial charge in [-0.05, 0) is 36.6 Å². The molecule has 22 heavy (non-hydrogen) atoms. The van der Waals surface area contributed by atoms with Crippen molar-refractivity contribution >= 4 is 17.0 Å². The fourth-order valence-corrected chi connectivity index (χ4v) is 3.75. The van der Waals surface area contributed by atoms with Crippen molar-refractivity contribution in [3.05, 3.63) is 41.0 Å². The van der Waals surface area contributed by atoms with E-state index in [2.05, 4.69) is 18.0 Å².